The van der Waals surface area contributed by atoms with Gasteiger partial charge in [0.15, 0.2) is 5.82 Å². The van der Waals surface area contributed by atoms with Crippen LogP contribution >= 0.6 is 0 Å². The Morgan fingerprint density at radius 3 is 2.60 bits per heavy atom. The predicted octanol–water partition coefficient (Wildman–Crippen LogP) is 2.84. The van der Waals surface area contributed by atoms with E-state index in [1.165, 1.54) is 36.2 Å². The summed E-state index contributed by atoms with van der Waals surface area (Å²) < 4.78 is 6.17. The van der Waals surface area contributed by atoms with Crippen molar-refractivity contribution < 1.29 is 4.74 Å². The smallest absolute Gasteiger partial charge is 0.160 e. The van der Waals surface area contributed by atoms with E-state index in [-0.39, 0.29) is 5.60 Å². The van der Waals surface area contributed by atoms with E-state index >= 15 is 0 Å². The van der Waals surface area contributed by atoms with Gasteiger partial charge in [0.1, 0.15) is 5.60 Å². The van der Waals surface area contributed by atoms with Crippen LogP contribution < -0.4 is 5.32 Å². The molecule has 20 heavy (non-hydrogen) atoms. The Balaban J connectivity index is 2.02. The van der Waals surface area contributed by atoms with Gasteiger partial charge in [0.25, 0.3) is 0 Å². The molecule has 0 atom stereocenters. The van der Waals surface area contributed by atoms with Crippen LogP contribution in [0.5, 0.6) is 0 Å². The molecule has 0 spiro atoms. The fourth-order valence-corrected chi connectivity index (χ4v) is 3.57. The van der Waals surface area contributed by atoms with Crippen molar-refractivity contribution in [2.24, 2.45) is 0 Å². The molecule has 0 bridgehead atoms. The molecule has 1 aliphatic carbocycles. The van der Waals surface area contributed by atoms with Crippen molar-refractivity contribution in [3.05, 3.63) is 22.8 Å². The van der Waals surface area contributed by atoms with Crippen LogP contribution in [0.25, 0.3) is 0 Å². The number of nitrogens with one attached hydrogen (secondary N) is 1. The van der Waals surface area contributed by atoms with Crippen molar-refractivity contribution >= 4 is 0 Å². The van der Waals surface area contributed by atoms with Gasteiger partial charge in [-0.25, -0.2) is 9.97 Å². The first-order valence-corrected chi connectivity index (χ1v) is 8.03. The number of aromatic nitrogens is 2. The lowest BCUT2D eigenvalue weighted by molar-refractivity contribution is -0.0769. The van der Waals surface area contributed by atoms with Crippen molar-refractivity contribution in [1.29, 1.82) is 0 Å². The fourth-order valence-electron chi connectivity index (χ4n) is 3.57. The number of fused-ring (bicyclic) bond motifs is 1. The highest BCUT2D eigenvalue weighted by Gasteiger charge is 2.38. The van der Waals surface area contributed by atoms with Crippen molar-refractivity contribution in [1.82, 2.24) is 15.3 Å². The van der Waals surface area contributed by atoms with Gasteiger partial charge < -0.3 is 10.1 Å². The third kappa shape index (κ3) is 2.35. The Labute approximate surface area is 121 Å². The molecule has 0 amide bonds. The predicted molar refractivity (Wildman–Crippen MR) is 78.3 cm³/mol. The van der Waals surface area contributed by atoms with Crippen LogP contribution in [-0.2, 0) is 29.8 Å². The number of hydrogen-bond acceptors (Lipinski definition) is 4. The maximum Gasteiger partial charge on any atom is 0.160 e. The summed E-state index contributed by atoms with van der Waals surface area (Å²) in [6.07, 6.45) is 6.86. The van der Waals surface area contributed by atoms with E-state index in [2.05, 4.69) is 19.2 Å². The molecule has 4 nitrogen and oxygen atoms in total. The second kappa shape index (κ2) is 5.78. The molecular formula is C16H25N3O. The fraction of sp³-hybridized carbons (Fsp3) is 0.750. The first-order valence-electron chi connectivity index (χ1n) is 8.03. The molecule has 0 unspecified atom stereocenters. The van der Waals surface area contributed by atoms with Crippen molar-refractivity contribution in [2.75, 3.05) is 6.61 Å². The standard InChI is InChI=1S/C16H25N3O/c1-3-13-12-10-17-11-14(12)19-15(18-13)16(20-4-2)8-6-5-7-9-16/h17H,3-11H2,1-2H3. The number of nitrogens with zero attached hydrogens (tertiary/aromatic N) is 2. The molecule has 1 aliphatic heterocycles. The Morgan fingerprint density at radius 2 is 1.90 bits per heavy atom. The zero-order valence-electron chi connectivity index (χ0n) is 12.7. The molecule has 1 aromatic heterocycles. The van der Waals surface area contributed by atoms with Gasteiger partial charge in [-0.05, 0) is 26.2 Å². The summed E-state index contributed by atoms with van der Waals surface area (Å²) in [6, 6.07) is 0. The highest BCUT2D eigenvalue weighted by atomic mass is 16.5. The van der Waals surface area contributed by atoms with Crippen LogP contribution in [0.1, 0.15) is 68.7 Å². The third-order valence-electron chi connectivity index (χ3n) is 4.60. The van der Waals surface area contributed by atoms with Gasteiger partial charge in [-0.15, -0.1) is 0 Å². The maximum atomic E-state index is 6.17. The van der Waals surface area contributed by atoms with E-state index in [0.717, 1.165) is 44.8 Å². The lowest BCUT2D eigenvalue weighted by atomic mass is 9.83. The first-order chi connectivity index (χ1) is 9.79. The summed E-state index contributed by atoms with van der Waals surface area (Å²) in [6.45, 7) is 6.78. The van der Waals surface area contributed by atoms with Crippen LogP contribution in [0.3, 0.4) is 0 Å². The van der Waals surface area contributed by atoms with Crippen LogP contribution in [0.15, 0.2) is 0 Å². The summed E-state index contributed by atoms with van der Waals surface area (Å²) in [4.78, 5) is 9.78. The zero-order valence-corrected chi connectivity index (χ0v) is 12.7. The molecule has 110 valence electrons. The second-order valence-electron chi connectivity index (χ2n) is 5.86. The quantitative estimate of drug-likeness (QED) is 0.918. The van der Waals surface area contributed by atoms with E-state index in [1.807, 2.05) is 0 Å². The highest BCUT2D eigenvalue weighted by Crippen LogP contribution is 2.39. The largest absolute Gasteiger partial charge is 0.367 e. The van der Waals surface area contributed by atoms with Gasteiger partial charge in [-0.1, -0.05) is 26.2 Å². The number of ether oxygens (including phenoxy) is 1. The van der Waals surface area contributed by atoms with Crippen LogP contribution in [0.2, 0.25) is 0 Å². The summed E-state index contributed by atoms with van der Waals surface area (Å²) in [7, 11) is 0. The topological polar surface area (TPSA) is 47.0 Å². The first kappa shape index (κ1) is 14.0. The lowest BCUT2D eigenvalue weighted by Crippen LogP contribution is -2.35. The Morgan fingerprint density at radius 1 is 1.10 bits per heavy atom. The number of aryl methyl sites for hydroxylation is 1. The van der Waals surface area contributed by atoms with Gasteiger partial charge in [0.2, 0.25) is 0 Å². The Hall–Kier alpha value is -1.00. The molecular weight excluding hydrogens is 250 g/mol. The molecule has 3 rings (SSSR count). The summed E-state index contributed by atoms with van der Waals surface area (Å²) in [5.74, 6) is 0.943. The van der Waals surface area contributed by atoms with Crippen molar-refractivity contribution in [3.63, 3.8) is 0 Å². The Bertz CT molecular complexity index is 475. The summed E-state index contributed by atoms with van der Waals surface area (Å²) in [5, 5.41) is 3.39. The van der Waals surface area contributed by atoms with Crippen LogP contribution in [0.4, 0.5) is 0 Å². The Kier molecular flexibility index (Phi) is 4.03. The van der Waals surface area contributed by atoms with E-state index < -0.39 is 0 Å². The third-order valence-corrected chi connectivity index (χ3v) is 4.60. The lowest BCUT2D eigenvalue weighted by Gasteiger charge is -2.36. The number of hydrogen-bond donors (Lipinski definition) is 1. The molecule has 0 saturated heterocycles. The van der Waals surface area contributed by atoms with E-state index in [4.69, 9.17) is 14.7 Å². The van der Waals surface area contributed by atoms with E-state index in [1.54, 1.807) is 0 Å². The molecule has 1 N–H and O–H groups in total. The molecule has 0 radical (unpaired) electrons. The molecule has 1 aromatic rings. The molecule has 2 aliphatic rings. The zero-order chi connectivity index (χ0) is 14.0. The average Bonchev–Trinajstić information content (AvgIpc) is 2.96. The minimum atomic E-state index is -0.228. The molecule has 1 saturated carbocycles. The van der Waals surface area contributed by atoms with Gasteiger partial charge in [-0.3, -0.25) is 0 Å². The average molecular weight is 275 g/mol. The molecule has 1 fully saturated rings. The van der Waals surface area contributed by atoms with Crippen LogP contribution in [-0.4, -0.2) is 16.6 Å². The second-order valence-corrected chi connectivity index (χ2v) is 5.86. The van der Waals surface area contributed by atoms with Gasteiger partial charge in [0.05, 0.1) is 5.69 Å². The summed E-state index contributed by atoms with van der Waals surface area (Å²) >= 11 is 0. The van der Waals surface area contributed by atoms with Gasteiger partial charge in [-0.2, -0.15) is 0 Å². The van der Waals surface area contributed by atoms with E-state index in [9.17, 15) is 0 Å². The minimum absolute atomic E-state index is 0.228. The minimum Gasteiger partial charge on any atom is -0.367 e. The maximum absolute atomic E-state index is 6.17. The molecule has 2 heterocycles. The molecule has 0 aromatic carbocycles. The number of rotatable bonds is 4. The van der Waals surface area contributed by atoms with Crippen molar-refractivity contribution in [3.8, 4) is 0 Å². The molecule has 4 heteroatoms. The van der Waals surface area contributed by atoms with Crippen LogP contribution in [0, 0.1) is 0 Å². The normalized spacial score (nSPS) is 20.9. The summed E-state index contributed by atoms with van der Waals surface area (Å²) in [5.41, 5.74) is 3.49. The van der Waals surface area contributed by atoms with E-state index in [0.29, 0.717) is 0 Å². The highest BCUT2D eigenvalue weighted by molar-refractivity contribution is 5.30. The van der Waals surface area contributed by atoms with Gasteiger partial charge in [0, 0.05) is 31.0 Å². The van der Waals surface area contributed by atoms with Crippen molar-refractivity contribution in [2.45, 2.75) is 71.1 Å². The monoisotopic (exact) mass is 275 g/mol. The SMILES string of the molecule is CCOC1(c2nc(CC)c3c(n2)CNC3)CCCCC1. The van der Waals surface area contributed by atoms with Gasteiger partial charge >= 0.3 is 0 Å².